The van der Waals surface area contributed by atoms with Crippen LogP contribution in [0, 0.1) is 0 Å². The molecular formula is C20H17NO2. The van der Waals surface area contributed by atoms with E-state index in [-0.39, 0.29) is 11.7 Å². The van der Waals surface area contributed by atoms with Gasteiger partial charge >= 0.3 is 0 Å². The van der Waals surface area contributed by atoms with Crippen molar-refractivity contribution in [1.82, 2.24) is 0 Å². The Morgan fingerprint density at radius 1 is 0.870 bits per heavy atom. The molecular weight excluding hydrogens is 286 g/mol. The van der Waals surface area contributed by atoms with Crippen LogP contribution in [0.25, 0.3) is 10.8 Å². The van der Waals surface area contributed by atoms with Gasteiger partial charge in [0.2, 0.25) is 5.91 Å². The maximum Gasteiger partial charge on any atom is 0.228 e. The van der Waals surface area contributed by atoms with Crippen molar-refractivity contribution >= 4 is 28.2 Å². The van der Waals surface area contributed by atoms with Gasteiger partial charge in [-0.3, -0.25) is 9.59 Å². The number of benzene rings is 3. The molecule has 0 aliphatic rings. The Balaban J connectivity index is 1.69. The molecule has 0 aliphatic heterocycles. The first-order valence-corrected chi connectivity index (χ1v) is 7.50. The average Bonchev–Trinajstić information content (AvgIpc) is 2.55. The lowest BCUT2D eigenvalue weighted by molar-refractivity contribution is -0.115. The molecule has 0 radical (unpaired) electrons. The number of rotatable bonds is 4. The third-order valence-electron chi connectivity index (χ3n) is 3.75. The fraction of sp³-hybridized carbons (Fsp3) is 0.100. The van der Waals surface area contributed by atoms with Gasteiger partial charge in [-0.15, -0.1) is 0 Å². The van der Waals surface area contributed by atoms with E-state index in [1.165, 1.54) is 6.92 Å². The van der Waals surface area contributed by atoms with Gasteiger partial charge in [-0.2, -0.15) is 0 Å². The average molecular weight is 303 g/mol. The van der Waals surface area contributed by atoms with Crippen LogP contribution >= 0.6 is 0 Å². The van der Waals surface area contributed by atoms with Crippen LogP contribution in [0.3, 0.4) is 0 Å². The lowest BCUT2D eigenvalue weighted by atomic mass is 10.0. The molecule has 0 fully saturated rings. The van der Waals surface area contributed by atoms with E-state index < -0.39 is 0 Å². The molecule has 0 heterocycles. The zero-order valence-electron chi connectivity index (χ0n) is 12.9. The molecule has 3 aromatic rings. The van der Waals surface area contributed by atoms with Crippen molar-refractivity contribution in [3.63, 3.8) is 0 Å². The highest BCUT2D eigenvalue weighted by Crippen LogP contribution is 2.17. The summed E-state index contributed by atoms with van der Waals surface area (Å²) < 4.78 is 0. The number of Topliss-reactive ketones (excluding diaryl/α,β-unsaturated/α-hetero) is 1. The van der Waals surface area contributed by atoms with Crippen molar-refractivity contribution < 1.29 is 9.59 Å². The lowest BCUT2D eigenvalue weighted by Crippen LogP contribution is -2.14. The fourth-order valence-corrected chi connectivity index (χ4v) is 2.53. The smallest absolute Gasteiger partial charge is 0.228 e. The first kappa shape index (κ1) is 15.0. The van der Waals surface area contributed by atoms with Gasteiger partial charge in [-0.25, -0.2) is 0 Å². The van der Waals surface area contributed by atoms with Gasteiger partial charge in [0.25, 0.3) is 0 Å². The van der Waals surface area contributed by atoms with E-state index in [1.54, 1.807) is 24.3 Å². The summed E-state index contributed by atoms with van der Waals surface area (Å²) in [4.78, 5) is 23.4. The van der Waals surface area contributed by atoms with Crippen molar-refractivity contribution in [2.75, 3.05) is 5.32 Å². The minimum atomic E-state index is -0.0733. The molecule has 3 aromatic carbocycles. The summed E-state index contributed by atoms with van der Waals surface area (Å²) in [6, 6.07) is 21.0. The van der Waals surface area contributed by atoms with Crippen LogP contribution in [0.5, 0.6) is 0 Å². The van der Waals surface area contributed by atoms with Crippen molar-refractivity contribution in [2.45, 2.75) is 13.3 Å². The van der Waals surface area contributed by atoms with Crippen LogP contribution in [-0.4, -0.2) is 11.7 Å². The third kappa shape index (κ3) is 3.64. The van der Waals surface area contributed by atoms with Crippen molar-refractivity contribution in [3.05, 3.63) is 77.9 Å². The van der Waals surface area contributed by atoms with Crippen LogP contribution in [0.2, 0.25) is 0 Å². The number of hydrogen-bond acceptors (Lipinski definition) is 2. The molecule has 0 bridgehead atoms. The number of anilines is 1. The number of hydrogen-bond donors (Lipinski definition) is 1. The van der Waals surface area contributed by atoms with Crippen LogP contribution < -0.4 is 5.32 Å². The second-order valence-electron chi connectivity index (χ2n) is 5.54. The summed E-state index contributed by atoms with van der Waals surface area (Å²) in [7, 11) is 0. The SMILES string of the molecule is CC(=O)c1ccc(NC(=O)Cc2ccc3ccccc3c2)cc1. The number of fused-ring (bicyclic) bond motifs is 1. The molecule has 3 nitrogen and oxygen atoms in total. The Morgan fingerprint density at radius 2 is 1.57 bits per heavy atom. The normalized spacial score (nSPS) is 10.5. The standard InChI is InChI=1S/C20H17NO2/c1-14(22)16-8-10-19(11-9-16)21-20(23)13-15-6-7-17-4-2-3-5-18(17)12-15/h2-12H,13H2,1H3,(H,21,23). The maximum absolute atomic E-state index is 12.2. The number of amides is 1. The third-order valence-corrected chi connectivity index (χ3v) is 3.75. The second-order valence-corrected chi connectivity index (χ2v) is 5.54. The highest BCUT2D eigenvalue weighted by atomic mass is 16.1. The first-order valence-electron chi connectivity index (χ1n) is 7.50. The van der Waals surface area contributed by atoms with Gasteiger partial charge in [0.15, 0.2) is 5.78 Å². The molecule has 0 saturated heterocycles. The van der Waals surface area contributed by atoms with E-state index in [1.807, 2.05) is 36.4 Å². The fourth-order valence-electron chi connectivity index (χ4n) is 2.53. The zero-order chi connectivity index (χ0) is 16.2. The van der Waals surface area contributed by atoms with Gasteiger partial charge in [0, 0.05) is 11.3 Å². The number of carbonyl (C=O) groups excluding carboxylic acids is 2. The Kier molecular flexibility index (Phi) is 4.20. The summed E-state index contributed by atoms with van der Waals surface area (Å²) in [6.45, 7) is 1.52. The predicted molar refractivity (Wildman–Crippen MR) is 92.7 cm³/mol. The van der Waals surface area contributed by atoms with E-state index in [4.69, 9.17) is 0 Å². The number of ketones is 1. The van der Waals surface area contributed by atoms with Gasteiger partial charge < -0.3 is 5.32 Å². The molecule has 0 aliphatic carbocycles. The monoisotopic (exact) mass is 303 g/mol. The Hall–Kier alpha value is -2.94. The molecule has 3 heteroatoms. The number of nitrogens with one attached hydrogen (secondary N) is 1. The van der Waals surface area contributed by atoms with Crippen LogP contribution in [0.1, 0.15) is 22.8 Å². The summed E-state index contributed by atoms with van der Waals surface area (Å²) in [6.07, 6.45) is 0.319. The Labute approximate surface area is 135 Å². The van der Waals surface area contributed by atoms with Crippen LogP contribution in [0.15, 0.2) is 66.7 Å². The van der Waals surface area contributed by atoms with Crippen LogP contribution in [0.4, 0.5) is 5.69 Å². The van der Waals surface area contributed by atoms with Crippen LogP contribution in [-0.2, 0) is 11.2 Å². The molecule has 0 aromatic heterocycles. The summed E-state index contributed by atoms with van der Waals surface area (Å²) in [5, 5.41) is 5.15. The molecule has 0 unspecified atom stereocenters. The van der Waals surface area contributed by atoms with Gasteiger partial charge in [-0.05, 0) is 47.5 Å². The van der Waals surface area contributed by atoms with Crippen molar-refractivity contribution in [1.29, 1.82) is 0 Å². The van der Waals surface area contributed by atoms with Crippen molar-refractivity contribution in [3.8, 4) is 0 Å². The predicted octanol–water partition coefficient (Wildman–Crippen LogP) is 4.22. The van der Waals surface area contributed by atoms with Gasteiger partial charge in [-0.1, -0.05) is 42.5 Å². The van der Waals surface area contributed by atoms with Gasteiger partial charge in [0.1, 0.15) is 0 Å². The molecule has 114 valence electrons. The highest BCUT2D eigenvalue weighted by Gasteiger charge is 2.06. The zero-order valence-corrected chi connectivity index (χ0v) is 12.9. The largest absolute Gasteiger partial charge is 0.326 e. The lowest BCUT2D eigenvalue weighted by Gasteiger charge is -2.07. The van der Waals surface area contributed by atoms with E-state index >= 15 is 0 Å². The summed E-state index contributed by atoms with van der Waals surface area (Å²) >= 11 is 0. The van der Waals surface area contributed by atoms with E-state index in [9.17, 15) is 9.59 Å². The molecule has 0 spiro atoms. The highest BCUT2D eigenvalue weighted by molar-refractivity contribution is 5.96. The molecule has 0 atom stereocenters. The van der Waals surface area contributed by atoms with E-state index in [2.05, 4.69) is 11.4 Å². The van der Waals surface area contributed by atoms with E-state index in [0.717, 1.165) is 16.3 Å². The summed E-state index contributed by atoms with van der Waals surface area (Å²) in [5.41, 5.74) is 2.31. The first-order chi connectivity index (χ1) is 11.1. The molecule has 23 heavy (non-hydrogen) atoms. The van der Waals surface area contributed by atoms with Gasteiger partial charge in [0.05, 0.1) is 6.42 Å². The Bertz CT molecular complexity index is 866. The van der Waals surface area contributed by atoms with E-state index in [0.29, 0.717) is 17.7 Å². The topological polar surface area (TPSA) is 46.2 Å². The van der Waals surface area contributed by atoms with Crippen molar-refractivity contribution in [2.24, 2.45) is 0 Å². The minimum Gasteiger partial charge on any atom is -0.326 e. The molecule has 1 N–H and O–H groups in total. The Morgan fingerprint density at radius 3 is 2.26 bits per heavy atom. The molecule has 3 rings (SSSR count). The molecule has 0 saturated carbocycles. The summed E-state index contributed by atoms with van der Waals surface area (Å²) in [5.74, 6) is -0.0603. The molecule has 1 amide bonds. The maximum atomic E-state index is 12.2. The minimum absolute atomic E-state index is 0.0130. The number of carbonyl (C=O) groups is 2. The quantitative estimate of drug-likeness (QED) is 0.733. The second kappa shape index (κ2) is 6.44.